The Balaban J connectivity index is 0.00000150. The zero-order valence-corrected chi connectivity index (χ0v) is 19.8. The average molecular weight is 449 g/mol. The summed E-state index contributed by atoms with van der Waals surface area (Å²) >= 11 is 0. The van der Waals surface area contributed by atoms with E-state index < -0.39 is 7.82 Å². The van der Waals surface area contributed by atoms with E-state index in [0.717, 1.165) is 26.1 Å². The number of unbranched alkanes of at least 4 members (excludes halogenated alkanes) is 11. The van der Waals surface area contributed by atoms with E-state index >= 15 is 0 Å². The second-order valence-electron chi connectivity index (χ2n) is 7.86. The highest BCUT2D eigenvalue weighted by Crippen LogP contribution is 2.25. The molecular weight excluding hydrogens is 403 g/mol. The summed E-state index contributed by atoms with van der Waals surface area (Å²) in [5.41, 5.74) is 0. The van der Waals surface area contributed by atoms with E-state index in [2.05, 4.69) is 29.0 Å². The molecule has 0 aromatic rings. The number of phosphoric acid groups is 1. The molecule has 4 N–H and O–H groups in total. The van der Waals surface area contributed by atoms with Gasteiger partial charge in [0.1, 0.15) is 0 Å². The molecule has 7 nitrogen and oxygen atoms in total. The molecule has 0 saturated carbocycles. The van der Waals surface area contributed by atoms with Gasteiger partial charge in [-0.1, -0.05) is 70.4 Å². The van der Waals surface area contributed by atoms with E-state index in [-0.39, 0.29) is 6.61 Å². The molecule has 0 aromatic carbocycles. The fourth-order valence-electron chi connectivity index (χ4n) is 3.48. The van der Waals surface area contributed by atoms with Gasteiger partial charge < -0.3 is 24.7 Å². The van der Waals surface area contributed by atoms with Gasteiger partial charge in [-0.3, -0.25) is 4.99 Å². The van der Waals surface area contributed by atoms with Crippen LogP contribution in [0.3, 0.4) is 0 Å². The lowest BCUT2D eigenvalue weighted by Gasteiger charge is -2.18. The minimum atomic E-state index is -4.64. The molecule has 0 bridgehead atoms. The molecule has 1 aliphatic heterocycles. The van der Waals surface area contributed by atoms with Crippen molar-refractivity contribution in [2.24, 2.45) is 4.99 Å². The maximum atomic E-state index is 9.05. The van der Waals surface area contributed by atoms with Gasteiger partial charge in [-0.15, -0.1) is 0 Å². The van der Waals surface area contributed by atoms with Crippen LogP contribution in [-0.4, -0.2) is 56.8 Å². The van der Waals surface area contributed by atoms with Gasteiger partial charge in [-0.2, -0.15) is 0 Å². The average Bonchev–Trinajstić information content (AvgIpc) is 3.11. The normalized spacial score (nSPS) is 14.2. The van der Waals surface area contributed by atoms with Crippen molar-refractivity contribution in [1.82, 2.24) is 4.90 Å². The highest BCUT2D eigenvalue weighted by Gasteiger charge is 2.14. The van der Waals surface area contributed by atoms with Gasteiger partial charge in [0.15, 0.2) is 0 Å². The van der Waals surface area contributed by atoms with Crippen LogP contribution in [-0.2, 0) is 4.57 Å². The van der Waals surface area contributed by atoms with Crippen LogP contribution >= 0.6 is 7.82 Å². The lowest BCUT2D eigenvalue weighted by Crippen LogP contribution is -2.30. The molecular formula is C22H45N2O5P. The van der Waals surface area contributed by atoms with Crippen molar-refractivity contribution < 1.29 is 24.4 Å². The molecule has 0 unspecified atom stereocenters. The van der Waals surface area contributed by atoms with Crippen molar-refractivity contribution in [3.63, 3.8) is 0 Å². The summed E-state index contributed by atoms with van der Waals surface area (Å²) in [6.45, 7) is 5.19. The van der Waals surface area contributed by atoms with Crippen molar-refractivity contribution >= 4 is 13.7 Å². The second kappa shape index (κ2) is 20.2. The SMILES string of the molecule is CCCCCCCC/C=C/CCCCCCCC1=NCCN1CCO.O=P(O)(O)O. The Hall–Kier alpha value is -0.720. The van der Waals surface area contributed by atoms with Crippen LogP contribution in [0.25, 0.3) is 0 Å². The Morgan fingerprint density at radius 2 is 1.40 bits per heavy atom. The van der Waals surface area contributed by atoms with Gasteiger partial charge >= 0.3 is 7.82 Å². The van der Waals surface area contributed by atoms with E-state index in [9.17, 15) is 0 Å². The minimum Gasteiger partial charge on any atom is -0.395 e. The van der Waals surface area contributed by atoms with Crippen molar-refractivity contribution in [3.05, 3.63) is 12.2 Å². The fraction of sp³-hybridized carbons (Fsp3) is 0.864. The highest BCUT2D eigenvalue weighted by atomic mass is 31.2. The van der Waals surface area contributed by atoms with Crippen LogP contribution in [0.5, 0.6) is 0 Å². The Morgan fingerprint density at radius 1 is 0.900 bits per heavy atom. The molecule has 30 heavy (non-hydrogen) atoms. The molecule has 0 radical (unpaired) electrons. The summed E-state index contributed by atoms with van der Waals surface area (Å²) < 4.78 is 8.88. The van der Waals surface area contributed by atoms with E-state index in [4.69, 9.17) is 24.4 Å². The van der Waals surface area contributed by atoms with Crippen LogP contribution in [0.15, 0.2) is 17.1 Å². The van der Waals surface area contributed by atoms with Crippen LogP contribution in [0, 0.1) is 0 Å². The summed E-state index contributed by atoms with van der Waals surface area (Å²) in [6.07, 6.45) is 23.4. The van der Waals surface area contributed by atoms with E-state index in [0.29, 0.717) is 0 Å². The van der Waals surface area contributed by atoms with Crippen molar-refractivity contribution in [1.29, 1.82) is 0 Å². The van der Waals surface area contributed by atoms with Gasteiger partial charge in [0.25, 0.3) is 0 Å². The predicted molar refractivity (Wildman–Crippen MR) is 125 cm³/mol. The highest BCUT2D eigenvalue weighted by molar-refractivity contribution is 7.45. The number of aliphatic imine (C=N–C) groups is 1. The molecule has 178 valence electrons. The quantitative estimate of drug-likeness (QED) is 0.144. The van der Waals surface area contributed by atoms with Crippen molar-refractivity contribution in [2.75, 3.05) is 26.2 Å². The predicted octanol–water partition coefficient (Wildman–Crippen LogP) is 4.80. The van der Waals surface area contributed by atoms with Crippen molar-refractivity contribution in [2.45, 2.75) is 96.8 Å². The molecule has 1 aliphatic rings. The zero-order chi connectivity index (χ0) is 22.5. The zero-order valence-electron chi connectivity index (χ0n) is 18.9. The first-order chi connectivity index (χ1) is 14.4. The summed E-state index contributed by atoms with van der Waals surface area (Å²) in [7, 11) is -4.64. The van der Waals surface area contributed by atoms with Crippen molar-refractivity contribution in [3.8, 4) is 0 Å². The molecule has 1 heterocycles. The molecule has 0 aliphatic carbocycles. The molecule has 0 aromatic heterocycles. The van der Waals surface area contributed by atoms with Crippen LogP contribution in [0.1, 0.15) is 96.8 Å². The smallest absolute Gasteiger partial charge is 0.395 e. The molecule has 0 spiro atoms. The Morgan fingerprint density at radius 3 is 1.93 bits per heavy atom. The lowest BCUT2D eigenvalue weighted by molar-refractivity contribution is 0.255. The summed E-state index contributed by atoms with van der Waals surface area (Å²) in [6, 6.07) is 0. The number of hydrogen-bond acceptors (Lipinski definition) is 4. The largest absolute Gasteiger partial charge is 0.466 e. The van der Waals surface area contributed by atoms with Gasteiger partial charge in [0.2, 0.25) is 0 Å². The topological polar surface area (TPSA) is 114 Å². The number of β-amino-alcohol motifs (C(OH)–C–C–N with tert-alkyl or cyclic N) is 1. The molecule has 0 saturated heterocycles. The first-order valence-corrected chi connectivity index (χ1v) is 13.3. The number of hydrogen-bond donors (Lipinski definition) is 4. The lowest BCUT2D eigenvalue weighted by atomic mass is 10.1. The van der Waals surface area contributed by atoms with Gasteiger partial charge in [0.05, 0.1) is 19.0 Å². The first-order valence-electron chi connectivity index (χ1n) is 11.7. The summed E-state index contributed by atoms with van der Waals surface area (Å²) in [5.74, 6) is 1.23. The number of aliphatic hydroxyl groups is 1. The van der Waals surface area contributed by atoms with Gasteiger partial charge in [-0.25, -0.2) is 4.57 Å². The number of aliphatic hydroxyl groups excluding tert-OH is 1. The number of rotatable bonds is 17. The minimum absolute atomic E-state index is 0.241. The van der Waals surface area contributed by atoms with Crippen LogP contribution in [0.2, 0.25) is 0 Å². The monoisotopic (exact) mass is 448 g/mol. The maximum absolute atomic E-state index is 9.05. The Kier molecular flexibility index (Phi) is 19.7. The summed E-state index contributed by atoms with van der Waals surface area (Å²) in [5, 5.41) is 9.05. The van der Waals surface area contributed by atoms with Crippen LogP contribution in [0.4, 0.5) is 0 Å². The van der Waals surface area contributed by atoms with Gasteiger partial charge in [0, 0.05) is 19.5 Å². The fourth-order valence-corrected chi connectivity index (χ4v) is 3.48. The second-order valence-corrected chi connectivity index (χ2v) is 8.88. The number of amidine groups is 1. The molecule has 8 heteroatoms. The third kappa shape index (κ3) is 22.0. The first kappa shape index (κ1) is 29.3. The summed E-state index contributed by atoms with van der Waals surface area (Å²) in [4.78, 5) is 28.4. The van der Waals surface area contributed by atoms with Crippen LogP contribution < -0.4 is 0 Å². The third-order valence-corrected chi connectivity index (χ3v) is 5.06. The molecule has 0 amide bonds. The molecule has 0 atom stereocenters. The number of allylic oxidation sites excluding steroid dienone is 2. The third-order valence-electron chi connectivity index (χ3n) is 5.06. The van der Waals surface area contributed by atoms with E-state index in [1.54, 1.807) is 0 Å². The standard InChI is InChI=1S/C22H42N2O.H3O4P/c1-2-3-4-5-6-7-8-9-10-11-12-13-14-15-16-17-22-23-18-19-24(22)20-21-25;1-5(2,3)4/h9-10,25H,2-8,11-21H2,1H3;(H3,1,2,3,4)/b10-9+;. The Bertz CT molecular complexity index is 486. The number of nitrogens with zero attached hydrogens (tertiary/aromatic N) is 2. The molecule has 0 fully saturated rings. The van der Waals surface area contributed by atoms with E-state index in [1.807, 2.05) is 0 Å². The van der Waals surface area contributed by atoms with Gasteiger partial charge in [-0.05, 0) is 32.1 Å². The maximum Gasteiger partial charge on any atom is 0.466 e. The van der Waals surface area contributed by atoms with E-state index in [1.165, 1.54) is 89.3 Å². The Labute approximate surface area is 183 Å². The molecule has 1 rings (SSSR count).